The molecule has 102 valence electrons. The number of ether oxygens (including phenoxy) is 1. The molecular weight excluding hydrogens is 369 g/mol. The Bertz CT molecular complexity index is 547. The smallest absolute Gasteiger partial charge is 0.139 e. The fourth-order valence-electron chi connectivity index (χ4n) is 1.52. The normalized spacial score (nSPS) is 10.7. The molecule has 6 heteroatoms. The van der Waals surface area contributed by atoms with E-state index in [-0.39, 0.29) is 0 Å². The first-order valence-electron chi connectivity index (χ1n) is 5.76. The lowest BCUT2D eigenvalue weighted by Gasteiger charge is -2.07. The van der Waals surface area contributed by atoms with Gasteiger partial charge in [0.1, 0.15) is 5.75 Å². The molecule has 0 aliphatic heterocycles. The van der Waals surface area contributed by atoms with Gasteiger partial charge in [0.25, 0.3) is 0 Å². The molecule has 0 saturated heterocycles. The molecule has 0 N–H and O–H groups in total. The summed E-state index contributed by atoms with van der Waals surface area (Å²) in [4.78, 5) is 4.40. The van der Waals surface area contributed by atoms with Crippen molar-refractivity contribution in [2.24, 2.45) is 0 Å². The van der Waals surface area contributed by atoms with E-state index < -0.39 is 0 Å². The molecule has 0 amide bonds. The van der Waals surface area contributed by atoms with Gasteiger partial charge in [-0.3, -0.25) is 0 Å². The maximum absolute atomic E-state index is 6.04. The number of rotatable bonds is 6. The molecule has 0 saturated carbocycles. The first-order valence-corrected chi connectivity index (χ1v) is 8.34. The van der Waals surface area contributed by atoms with Crippen molar-refractivity contribution in [1.82, 2.24) is 4.98 Å². The summed E-state index contributed by atoms with van der Waals surface area (Å²) in [6.45, 7) is 0.617. The van der Waals surface area contributed by atoms with Crippen molar-refractivity contribution in [1.29, 1.82) is 0 Å². The van der Waals surface area contributed by atoms with Gasteiger partial charge in [-0.15, -0.1) is 22.9 Å². The van der Waals surface area contributed by atoms with E-state index in [4.69, 9.17) is 27.9 Å². The molecule has 1 heterocycles. The van der Waals surface area contributed by atoms with Gasteiger partial charge in [0.2, 0.25) is 0 Å². The van der Waals surface area contributed by atoms with Crippen LogP contribution in [0.25, 0.3) is 0 Å². The standard InChI is InChI=1S/C13H12BrCl2NOS/c14-9-3-4-11(16)12(6-9)18-5-1-2-13-17-10(7-15)8-19-13/h3-4,6,8H,1-2,5,7H2. The lowest BCUT2D eigenvalue weighted by atomic mass is 10.3. The van der Waals surface area contributed by atoms with Crippen LogP contribution in [0.5, 0.6) is 5.75 Å². The molecule has 19 heavy (non-hydrogen) atoms. The number of halogens is 3. The predicted molar refractivity (Wildman–Crippen MR) is 84.6 cm³/mol. The number of hydrogen-bond donors (Lipinski definition) is 0. The van der Waals surface area contributed by atoms with Gasteiger partial charge in [0.15, 0.2) is 0 Å². The van der Waals surface area contributed by atoms with E-state index in [1.165, 1.54) is 0 Å². The molecule has 0 unspecified atom stereocenters. The highest BCUT2D eigenvalue weighted by Gasteiger charge is 2.04. The topological polar surface area (TPSA) is 22.1 Å². The minimum Gasteiger partial charge on any atom is -0.492 e. The highest BCUT2D eigenvalue weighted by Crippen LogP contribution is 2.28. The Morgan fingerprint density at radius 3 is 2.95 bits per heavy atom. The largest absolute Gasteiger partial charge is 0.492 e. The van der Waals surface area contributed by atoms with Crippen molar-refractivity contribution < 1.29 is 4.74 Å². The second-order valence-corrected chi connectivity index (χ2v) is 6.43. The fraction of sp³-hybridized carbons (Fsp3) is 0.308. The monoisotopic (exact) mass is 379 g/mol. The minimum atomic E-state index is 0.473. The van der Waals surface area contributed by atoms with E-state index in [1.807, 2.05) is 23.6 Å². The zero-order chi connectivity index (χ0) is 13.7. The van der Waals surface area contributed by atoms with Crippen LogP contribution in [0.2, 0.25) is 5.02 Å². The molecule has 1 aromatic carbocycles. The van der Waals surface area contributed by atoms with Crippen LogP contribution in [0.4, 0.5) is 0 Å². The van der Waals surface area contributed by atoms with Crippen molar-refractivity contribution >= 4 is 50.5 Å². The Morgan fingerprint density at radius 2 is 2.21 bits per heavy atom. The molecule has 1 aromatic heterocycles. The van der Waals surface area contributed by atoms with Crippen molar-refractivity contribution in [3.8, 4) is 5.75 Å². The van der Waals surface area contributed by atoms with Crippen molar-refractivity contribution in [3.63, 3.8) is 0 Å². The SMILES string of the molecule is ClCc1csc(CCCOc2cc(Br)ccc2Cl)n1. The van der Waals surface area contributed by atoms with Gasteiger partial charge in [0.05, 0.1) is 28.2 Å². The van der Waals surface area contributed by atoms with Crippen molar-refractivity contribution in [3.05, 3.63) is 43.8 Å². The number of alkyl halides is 1. The first kappa shape index (κ1) is 15.1. The fourth-order valence-corrected chi connectivity index (χ4v) is 3.10. The summed E-state index contributed by atoms with van der Waals surface area (Å²) in [6.07, 6.45) is 1.80. The highest BCUT2D eigenvalue weighted by atomic mass is 79.9. The molecule has 2 aromatic rings. The third kappa shape index (κ3) is 4.63. The zero-order valence-electron chi connectivity index (χ0n) is 10.0. The summed E-state index contributed by atoms with van der Waals surface area (Å²) < 4.78 is 6.62. The summed E-state index contributed by atoms with van der Waals surface area (Å²) in [5.74, 6) is 1.18. The summed E-state index contributed by atoms with van der Waals surface area (Å²) in [5.41, 5.74) is 0.942. The third-order valence-electron chi connectivity index (χ3n) is 2.42. The Labute approximate surface area is 134 Å². The lowest BCUT2D eigenvalue weighted by Crippen LogP contribution is -2.00. The molecule has 0 atom stereocenters. The second kappa shape index (κ2) is 7.48. The van der Waals surface area contributed by atoms with Crippen LogP contribution in [-0.4, -0.2) is 11.6 Å². The predicted octanol–water partition coefficient (Wildman–Crippen LogP) is 5.31. The quantitative estimate of drug-likeness (QED) is 0.500. The summed E-state index contributed by atoms with van der Waals surface area (Å²) >= 11 is 16.8. The van der Waals surface area contributed by atoms with Gasteiger partial charge in [-0.05, 0) is 24.6 Å². The number of nitrogens with zero attached hydrogens (tertiary/aromatic N) is 1. The van der Waals surface area contributed by atoms with Crippen LogP contribution in [0.1, 0.15) is 17.1 Å². The van der Waals surface area contributed by atoms with Crippen LogP contribution in [0, 0.1) is 0 Å². The minimum absolute atomic E-state index is 0.473. The highest BCUT2D eigenvalue weighted by molar-refractivity contribution is 9.10. The Kier molecular flexibility index (Phi) is 5.95. The van der Waals surface area contributed by atoms with Crippen molar-refractivity contribution in [2.75, 3.05) is 6.61 Å². The summed E-state index contributed by atoms with van der Waals surface area (Å²) in [5, 5.41) is 3.72. The number of aryl methyl sites for hydroxylation is 1. The second-order valence-electron chi connectivity index (χ2n) is 3.89. The molecule has 0 aliphatic rings. The molecular formula is C13H12BrCl2NOS. The van der Waals surface area contributed by atoms with Crippen LogP contribution in [0.15, 0.2) is 28.1 Å². The summed E-state index contributed by atoms with van der Waals surface area (Å²) in [6, 6.07) is 5.57. The molecule has 0 bridgehead atoms. The average molecular weight is 381 g/mol. The molecule has 0 fully saturated rings. The first-order chi connectivity index (χ1) is 9.19. The van der Waals surface area contributed by atoms with E-state index in [9.17, 15) is 0 Å². The molecule has 0 aliphatic carbocycles. The van der Waals surface area contributed by atoms with Crippen LogP contribution < -0.4 is 4.74 Å². The van der Waals surface area contributed by atoms with E-state index in [0.29, 0.717) is 23.3 Å². The molecule has 0 radical (unpaired) electrons. The Balaban J connectivity index is 1.79. The maximum atomic E-state index is 6.04. The number of thiazole rings is 1. The van der Waals surface area contributed by atoms with E-state index in [1.54, 1.807) is 11.3 Å². The van der Waals surface area contributed by atoms with E-state index in [0.717, 1.165) is 28.0 Å². The van der Waals surface area contributed by atoms with Gasteiger partial charge in [-0.1, -0.05) is 27.5 Å². The number of hydrogen-bond acceptors (Lipinski definition) is 3. The van der Waals surface area contributed by atoms with E-state index >= 15 is 0 Å². The Hall–Kier alpha value is -0.290. The van der Waals surface area contributed by atoms with Crippen LogP contribution in [0.3, 0.4) is 0 Å². The van der Waals surface area contributed by atoms with Gasteiger partial charge in [-0.25, -0.2) is 4.98 Å². The Morgan fingerprint density at radius 1 is 1.37 bits per heavy atom. The number of aromatic nitrogens is 1. The van der Waals surface area contributed by atoms with Crippen molar-refractivity contribution in [2.45, 2.75) is 18.7 Å². The van der Waals surface area contributed by atoms with E-state index in [2.05, 4.69) is 20.9 Å². The van der Waals surface area contributed by atoms with Gasteiger partial charge in [-0.2, -0.15) is 0 Å². The average Bonchev–Trinajstić information content (AvgIpc) is 2.86. The third-order valence-corrected chi connectivity index (χ3v) is 4.46. The van der Waals surface area contributed by atoms with Gasteiger partial charge >= 0.3 is 0 Å². The zero-order valence-corrected chi connectivity index (χ0v) is 13.9. The van der Waals surface area contributed by atoms with Gasteiger partial charge < -0.3 is 4.74 Å². The van der Waals surface area contributed by atoms with Crippen LogP contribution in [-0.2, 0) is 12.3 Å². The molecule has 0 spiro atoms. The summed E-state index contributed by atoms with van der Waals surface area (Å²) in [7, 11) is 0. The maximum Gasteiger partial charge on any atom is 0.139 e. The number of benzene rings is 1. The van der Waals surface area contributed by atoms with Crippen LogP contribution >= 0.6 is 50.5 Å². The van der Waals surface area contributed by atoms with Gasteiger partial charge in [0, 0.05) is 16.3 Å². The molecule has 2 rings (SSSR count). The lowest BCUT2D eigenvalue weighted by molar-refractivity contribution is 0.311. The molecule has 2 nitrogen and oxygen atoms in total.